The minimum absolute atomic E-state index is 0.302. The average molecular weight is 299 g/mol. The molecule has 116 valence electrons. The zero-order valence-corrected chi connectivity index (χ0v) is 12.7. The lowest BCUT2D eigenvalue weighted by atomic mass is 10.2. The summed E-state index contributed by atoms with van der Waals surface area (Å²) in [5.41, 5.74) is 8.75. The van der Waals surface area contributed by atoms with Gasteiger partial charge in [0.25, 0.3) is 0 Å². The number of likely N-dealkylation sites (N-methyl/N-ethyl adjacent to an activating group) is 1. The third kappa shape index (κ3) is 2.52. The van der Waals surface area contributed by atoms with Gasteiger partial charge >= 0.3 is 0 Å². The largest absolute Gasteiger partial charge is 0.368 e. The highest BCUT2D eigenvalue weighted by molar-refractivity contribution is 5.62. The molecule has 1 saturated heterocycles. The quantitative estimate of drug-likeness (QED) is 0.783. The zero-order valence-electron chi connectivity index (χ0n) is 12.7. The first kappa shape index (κ1) is 13.5. The molecule has 2 aromatic heterocycles. The molecule has 2 aromatic rings. The minimum atomic E-state index is 0.302. The first-order valence-corrected chi connectivity index (χ1v) is 7.85. The predicted octanol–water partition coefficient (Wildman–Crippen LogP) is 1.12. The summed E-state index contributed by atoms with van der Waals surface area (Å²) >= 11 is 0. The molecule has 7 nitrogen and oxygen atoms in total. The number of nitrogen functional groups attached to an aromatic ring is 1. The highest BCUT2D eigenvalue weighted by Crippen LogP contribution is 2.40. The third-order valence-electron chi connectivity index (χ3n) is 4.53. The Morgan fingerprint density at radius 1 is 1.23 bits per heavy atom. The van der Waals surface area contributed by atoms with Gasteiger partial charge in [0.05, 0.1) is 5.69 Å². The molecule has 2 aliphatic rings. The zero-order chi connectivity index (χ0) is 15.1. The van der Waals surface area contributed by atoms with Crippen molar-refractivity contribution in [1.29, 1.82) is 0 Å². The van der Waals surface area contributed by atoms with Crippen molar-refractivity contribution in [3.8, 4) is 11.4 Å². The molecular weight excluding hydrogens is 278 g/mol. The lowest BCUT2D eigenvalue weighted by Gasteiger charge is -2.18. The molecule has 3 heterocycles. The van der Waals surface area contributed by atoms with E-state index in [1.807, 2.05) is 13.1 Å². The van der Waals surface area contributed by atoms with E-state index >= 15 is 0 Å². The second-order valence-electron chi connectivity index (χ2n) is 6.17. The Bertz CT molecular complexity index is 676. The molecule has 2 fully saturated rings. The molecule has 4 N–H and O–H groups in total. The van der Waals surface area contributed by atoms with E-state index in [0.717, 1.165) is 36.7 Å². The number of hydrogen-bond donors (Lipinski definition) is 3. The summed E-state index contributed by atoms with van der Waals surface area (Å²) in [6.45, 7) is 1.93. The molecule has 0 unspecified atom stereocenters. The number of rotatable bonds is 4. The van der Waals surface area contributed by atoms with Crippen molar-refractivity contribution >= 4 is 11.8 Å². The number of hydrogen-bond acceptors (Lipinski definition) is 6. The van der Waals surface area contributed by atoms with Gasteiger partial charge in [-0.3, -0.25) is 5.10 Å². The van der Waals surface area contributed by atoms with Gasteiger partial charge in [-0.05, 0) is 32.4 Å². The topological polar surface area (TPSA) is 95.8 Å². The van der Waals surface area contributed by atoms with Gasteiger partial charge in [0.2, 0.25) is 5.95 Å². The van der Waals surface area contributed by atoms with Gasteiger partial charge in [-0.1, -0.05) is 0 Å². The fourth-order valence-electron chi connectivity index (χ4n) is 3.02. The van der Waals surface area contributed by atoms with Crippen LogP contribution in [-0.4, -0.2) is 46.3 Å². The Hall–Kier alpha value is -2.15. The van der Waals surface area contributed by atoms with Gasteiger partial charge in [-0.25, -0.2) is 4.98 Å². The van der Waals surface area contributed by atoms with Crippen LogP contribution in [-0.2, 0) is 0 Å². The fourth-order valence-corrected chi connectivity index (χ4v) is 3.02. The first-order valence-electron chi connectivity index (χ1n) is 7.85. The molecule has 22 heavy (non-hydrogen) atoms. The molecule has 4 rings (SSSR count). The van der Waals surface area contributed by atoms with Gasteiger partial charge in [-0.2, -0.15) is 10.1 Å². The van der Waals surface area contributed by atoms with E-state index in [2.05, 4.69) is 36.4 Å². The number of aromatic nitrogens is 4. The van der Waals surface area contributed by atoms with Crippen LogP contribution in [0.3, 0.4) is 0 Å². The standard InChI is InChI=1S/C15H21N7/c1-17-10-4-5-22(8-10)14-7-12(18-15(16)19-14)13-6-11(20-21-13)9-2-3-9/h6-7,9-10,17H,2-5,8H2,1H3,(H,20,21)(H2,16,18,19)/t10-/m1/s1. The van der Waals surface area contributed by atoms with E-state index in [0.29, 0.717) is 17.9 Å². The highest BCUT2D eigenvalue weighted by atomic mass is 15.2. The van der Waals surface area contributed by atoms with Crippen molar-refractivity contribution in [2.75, 3.05) is 30.8 Å². The van der Waals surface area contributed by atoms with E-state index in [1.54, 1.807) is 0 Å². The van der Waals surface area contributed by atoms with E-state index in [4.69, 9.17) is 5.73 Å². The van der Waals surface area contributed by atoms with Crippen LogP contribution in [0.15, 0.2) is 12.1 Å². The van der Waals surface area contributed by atoms with Crippen LogP contribution in [0.4, 0.5) is 11.8 Å². The van der Waals surface area contributed by atoms with Crippen molar-refractivity contribution in [3.63, 3.8) is 0 Å². The van der Waals surface area contributed by atoms with Crippen molar-refractivity contribution in [3.05, 3.63) is 17.8 Å². The summed E-state index contributed by atoms with van der Waals surface area (Å²) in [7, 11) is 2.00. The molecule has 7 heteroatoms. The molecule has 0 radical (unpaired) electrons. The van der Waals surface area contributed by atoms with Gasteiger partial charge in [0.15, 0.2) is 0 Å². The van der Waals surface area contributed by atoms with Crippen LogP contribution in [0, 0.1) is 0 Å². The Morgan fingerprint density at radius 2 is 2.09 bits per heavy atom. The SMILES string of the molecule is CN[C@@H]1CCN(c2cc(-c3cc(C4CC4)[nH]n3)nc(N)n2)C1. The number of H-pyrrole nitrogens is 1. The van der Waals surface area contributed by atoms with Crippen LogP contribution >= 0.6 is 0 Å². The molecule has 0 amide bonds. The monoisotopic (exact) mass is 299 g/mol. The number of nitrogens with zero attached hydrogens (tertiary/aromatic N) is 4. The molecular formula is C15H21N7. The minimum Gasteiger partial charge on any atom is -0.368 e. The molecule has 1 atom stereocenters. The molecule has 1 saturated carbocycles. The van der Waals surface area contributed by atoms with Gasteiger partial charge in [0.1, 0.15) is 11.5 Å². The summed E-state index contributed by atoms with van der Waals surface area (Å²) in [4.78, 5) is 11.0. The summed E-state index contributed by atoms with van der Waals surface area (Å²) in [6, 6.07) is 4.58. The lowest BCUT2D eigenvalue weighted by molar-refractivity contribution is 0.616. The van der Waals surface area contributed by atoms with E-state index in [-0.39, 0.29) is 0 Å². The summed E-state index contributed by atoms with van der Waals surface area (Å²) in [5.74, 6) is 1.84. The van der Waals surface area contributed by atoms with Crippen LogP contribution in [0.5, 0.6) is 0 Å². The molecule has 1 aliphatic carbocycles. The van der Waals surface area contributed by atoms with E-state index in [1.165, 1.54) is 18.5 Å². The third-order valence-corrected chi connectivity index (χ3v) is 4.53. The Kier molecular flexibility index (Phi) is 3.22. The van der Waals surface area contributed by atoms with Crippen molar-refractivity contribution < 1.29 is 0 Å². The average Bonchev–Trinajstić information content (AvgIpc) is 3.07. The smallest absolute Gasteiger partial charge is 0.222 e. The first-order chi connectivity index (χ1) is 10.7. The van der Waals surface area contributed by atoms with Crippen molar-refractivity contribution in [1.82, 2.24) is 25.5 Å². The molecule has 0 aromatic carbocycles. The maximum atomic E-state index is 5.91. The Balaban J connectivity index is 1.62. The molecule has 0 spiro atoms. The van der Waals surface area contributed by atoms with Crippen LogP contribution < -0.4 is 16.0 Å². The molecule has 1 aliphatic heterocycles. The number of nitrogens with two attached hydrogens (primary N) is 1. The lowest BCUT2D eigenvalue weighted by Crippen LogP contribution is -2.30. The second kappa shape index (κ2) is 5.24. The summed E-state index contributed by atoms with van der Waals surface area (Å²) in [5, 5.41) is 10.8. The fraction of sp³-hybridized carbons (Fsp3) is 0.533. The van der Waals surface area contributed by atoms with Crippen LogP contribution in [0.1, 0.15) is 30.9 Å². The Labute approximate surface area is 129 Å². The summed E-state index contributed by atoms with van der Waals surface area (Å²) in [6.07, 6.45) is 3.61. The normalized spacial score (nSPS) is 21.5. The molecule has 0 bridgehead atoms. The van der Waals surface area contributed by atoms with E-state index in [9.17, 15) is 0 Å². The second-order valence-corrected chi connectivity index (χ2v) is 6.17. The predicted molar refractivity (Wildman–Crippen MR) is 85.7 cm³/mol. The maximum absolute atomic E-state index is 5.91. The Morgan fingerprint density at radius 3 is 2.82 bits per heavy atom. The van der Waals surface area contributed by atoms with Crippen molar-refractivity contribution in [2.24, 2.45) is 0 Å². The van der Waals surface area contributed by atoms with E-state index < -0.39 is 0 Å². The van der Waals surface area contributed by atoms with Crippen LogP contribution in [0.2, 0.25) is 0 Å². The van der Waals surface area contributed by atoms with Crippen molar-refractivity contribution in [2.45, 2.75) is 31.2 Å². The number of nitrogens with one attached hydrogen (secondary N) is 2. The van der Waals surface area contributed by atoms with Gasteiger partial charge < -0.3 is 16.0 Å². The maximum Gasteiger partial charge on any atom is 0.222 e. The highest BCUT2D eigenvalue weighted by Gasteiger charge is 2.26. The summed E-state index contributed by atoms with van der Waals surface area (Å²) < 4.78 is 0. The number of anilines is 2. The number of aromatic amines is 1. The van der Waals surface area contributed by atoms with Gasteiger partial charge in [-0.15, -0.1) is 0 Å². The van der Waals surface area contributed by atoms with Crippen LogP contribution in [0.25, 0.3) is 11.4 Å². The van der Waals surface area contributed by atoms with Gasteiger partial charge in [0, 0.05) is 36.8 Å².